The summed E-state index contributed by atoms with van der Waals surface area (Å²) in [5.74, 6) is 0.451. The summed E-state index contributed by atoms with van der Waals surface area (Å²) in [5, 5.41) is 10.8. The number of halogens is 2. The first kappa shape index (κ1) is 17.3. The first-order valence-electron chi connectivity index (χ1n) is 7.50. The van der Waals surface area contributed by atoms with Gasteiger partial charge in [0.05, 0.1) is 26.9 Å². The van der Waals surface area contributed by atoms with Gasteiger partial charge >= 0.3 is 0 Å². The second-order valence-corrected chi connectivity index (χ2v) is 6.29. The molecule has 0 fully saturated rings. The molecule has 0 aliphatic carbocycles. The minimum Gasteiger partial charge on any atom is -0.388 e. The van der Waals surface area contributed by atoms with E-state index in [1.54, 1.807) is 30.3 Å². The Morgan fingerprint density at radius 3 is 2.72 bits per heavy atom. The summed E-state index contributed by atoms with van der Waals surface area (Å²) < 4.78 is 0. The fourth-order valence-electron chi connectivity index (χ4n) is 2.34. The molecular formula is C17H15Cl2N5O. The van der Waals surface area contributed by atoms with Crippen molar-refractivity contribution in [2.75, 3.05) is 6.54 Å². The maximum Gasteiger partial charge on any atom is 0.251 e. The number of carbonyl (C=O) groups excluding carboxylic acids is 1. The van der Waals surface area contributed by atoms with E-state index < -0.39 is 0 Å². The Bertz CT molecular complexity index is 967. The highest BCUT2D eigenvalue weighted by molar-refractivity contribution is 6.42. The number of nitrogens with one attached hydrogen (secondary N) is 3. The summed E-state index contributed by atoms with van der Waals surface area (Å²) >= 11 is 12.0. The molecule has 1 aromatic heterocycles. The average molecular weight is 376 g/mol. The minimum atomic E-state index is -0.228. The van der Waals surface area contributed by atoms with Gasteiger partial charge in [-0.1, -0.05) is 23.2 Å². The Kier molecular flexibility index (Phi) is 4.92. The Morgan fingerprint density at radius 1 is 1.20 bits per heavy atom. The molecule has 0 atom stereocenters. The molecule has 5 N–H and O–H groups in total. The van der Waals surface area contributed by atoms with Gasteiger partial charge in [-0.3, -0.25) is 10.2 Å². The van der Waals surface area contributed by atoms with Crippen molar-refractivity contribution in [1.82, 2.24) is 15.3 Å². The van der Waals surface area contributed by atoms with Gasteiger partial charge in [-0.25, -0.2) is 4.98 Å². The van der Waals surface area contributed by atoms with E-state index in [9.17, 15) is 4.79 Å². The van der Waals surface area contributed by atoms with Gasteiger partial charge in [0.2, 0.25) is 0 Å². The van der Waals surface area contributed by atoms with Crippen LogP contribution in [0.3, 0.4) is 0 Å². The number of imidazole rings is 1. The standard InChI is InChI=1S/C17H15Cl2N5O/c18-11-3-1-9(7-12(11)19)16-23-13-4-2-10(8-14(13)24-16)17(25)22-6-5-15(20)21/h1-4,7-8H,5-6H2,(H3,20,21)(H,22,25)(H,23,24). The topological polar surface area (TPSA) is 108 Å². The zero-order chi connectivity index (χ0) is 18.0. The van der Waals surface area contributed by atoms with Crippen LogP contribution in [0.5, 0.6) is 0 Å². The third kappa shape index (κ3) is 3.92. The van der Waals surface area contributed by atoms with Gasteiger partial charge in [-0.2, -0.15) is 0 Å². The van der Waals surface area contributed by atoms with Crippen molar-refractivity contribution in [3.8, 4) is 11.4 Å². The third-order valence-electron chi connectivity index (χ3n) is 3.62. The molecule has 3 rings (SSSR count). The van der Waals surface area contributed by atoms with Crippen molar-refractivity contribution in [2.45, 2.75) is 6.42 Å². The number of carbonyl (C=O) groups is 1. The van der Waals surface area contributed by atoms with E-state index in [2.05, 4.69) is 15.3 Å². The molecule has 0 radical (unpaired) electrons. The number of benzene rings is 2. The van der Waals surface area contributed by atoms with E-state index in [1.165, 1.54) is 0 Å². The first-order chi connectivity index (χ1) is 11.9. The van der Waals surface area contributed by atoms with Gasteiger partial charge in [0.1, 0.15) is 5.82 Å². The molecule has 25 heavy (non-hydrogen) atoms. The molecule has 6 nitrogen and oxygen atoms in total. The molecule has 0 aliphatic heterocycles. The number of nitrogens with zero attached hydrogens (tertiary/aromatic N) is 1. The monoisotopic (exact) mass is 375 g/mol. The molecule has 0 spiro atoms. The molecule has 0 bridgehead atoms. The van der Waals surface area contributed by atoms with Gasteiger partial charge in [-0.15, -0.1) is 0 Å². The van der Waals surface area contributed by atoms with Crippen molar-refractivity contribution < 1.29 is 4.79 Å². The van der Waals surface area contributed by atoms with Crippen molar-refractivity contribution in [3.63, 3.8) is 0 Å². The molecule has 0 saturated heterocycles. The van der Waals surface area contributed by atoms with Crippen LogP contribution in [0.15, 0.2) is 36.4 Å². The highest BCUT2D eigenvalue weighted by Crippen LogP contribution is 2.28. The Hall–Kier alpha value is -2.57. The maximum atomic E-state index is 12.1. The number of amidine groups is 1. The van der Waals surface area contributed by atoms with Crippen LogP contribution in [0, 0.1) is 5.41 Å². The molecule has 8 heteroatoms. The van der Waals surface area contributed by atoms with Crippen molar-refractivity contribution in [2.24, 2.45) is 5.73 Å². The lowest BCUT2D eigenvalue weighted by molar-refractivity contribution is 0.0955. The van der Waals surface area contributed by atoms with E-state index in [-0.39, 0.29) is 11.7 Å². The molecule has 1 heterocycles. The second kappa shape index (κ2) is 7.13. The highest BCUT2D eigenvalue weighted by Gasteiger charge is 2.11. The van der Waals surface area contributed by atoms with Crippen LogP contribution in [0.4, 0.5) is 0 Å². The lowest BCUT2D eigenvalue weighted by Crippen LogP contribution is -2.27. The van der Waals surface area contributed by atoms with Gasteiger partial charge in [0.15, 0.2) is 0 Å². The molecule has 2 aromatic carbocycles. The molecule has 1 amide bonds. The predicted octanol–water partition coefficient (Wildman–Crippen LogP) is 3.59. The average Bonchev–Trinajstić information content (AvgIpc) is 3.00. The van der Waals surface area contributed by atoms with E-state index in [4.69, 9.17) is 34.3 Å². The summed E-state index contributed by atoms with van der Waals surface area (Å²) in [6.07, 6.45) is 0.319. The minimum absolute atomic E-state index is 0.0376. The number of H-pyrrole nitrogens is 1. The molecule has 0 unspecified atom stereocenters. The van der Waals surface area contributed by atoms with Crippen LogP contribution in [0.25, 0.3) is 22.4 Å². The summed E-state index contributed by atoms with van der Waals surface area (Å²) in [5.41, 5.74) is 8.05. The molecule has 128 valence electrons. The van der Waals surface area contributed by atoms with Crippen LogP contribution >= 0.6 is 23.2 Å². The summed E-state index contributed by atoms with van der Waals surface area (Å²) in [6.45, 7) is 0.323. The zero-order valence-corrected chi connectivity index (χ0v) is 14.6. The largest absolute Gasteiger partial charge is 0.388 e. The fourth-order valence-corrected chi connectivity index (χ4v) is 2.64. The van der Waals surface area contributed by atoms with Crippen LogP contribution in [-0.2, 0) is 0 Å². The number of nitrogens with two attached hydrogens (primary N) is 1. The number of amides is 1. The van der Waals surface area contributed by atoms with Crippen molar-refractivity contribution >= 4 is 46.0 Å². The Labute approximate surface area is 153 Å². The van der Waals surface area contributed by atoms with Crippen LogP contribution in [-0.4, -0.2) is 28.3 Å². The van der Waals surface area contributed by atoms with Gasteiger partial charge in [-0.05, 0) is 36.4 Å². The van der Waals surface area contributed by atoms with Gasteiger partial charge in [0, 0.05) is 24.1 Å². The summed E-state index contributed by atoms with van der Waals surface area (Å²) in [6, 6.07) is 10.5. The van der Waals surface area contributed by atoms with Crippen molar-refractivity contribution in [3.05, 3.63) is 52.0 Å². The van der Waals surface area contributed by atoms with Gasteiger partial charge in [0.25, 0.3) is 5.91 Å². The predicted molar refractivity (Wildman–Crippen MR) is 100 cm³/mol. The van der Waals surface area contributed by atoms with E-state index in [0.717, 1.165) is 16.6 Å². The zero-order valence-electron chi connectivity index (χ0n) is 13.1. The van der Waals surface area contributed by atoms with E-state index >= 15 is 0 Å². The van der Waals surface area contributed by atoms with Crippen LogP contribution < -0.4 is 11.1 Å². The lowest BCUT2D eigenvalue weighted by atomic mass is 10.2. The second-order valence-electron chi connectivity index (χ2n) is 5.48. The van der Waals surface area contributed by atoms with E-state index in [0.29, 0.717) is 34.4 Å². The first-order valence-corrected chi connectivity index (χ1v) is 8.26. The maximum absolute atomic E-state index is 12.1. The third-order valence-corrected chi connectivity index (χ3v) is 4.36. The van der Waals surface area contributed by atoms with Crippen LogP contribution in [0.1, 0.15) is 16.8 Å². The van der Waals surface area contributed by atoms with Gasteiger partial charge < -0.3 is 16.0 Å². The number of aromatic amines is 1. The number of aromatic nitrogens is 2. The van der Waals surface area contributed by atoms with Crippen LogP contribution in [0.2, 0.25) is 10.0 Å². The Balaban J connectivity index is 1.85. The number of hydrogen-bond acceptors (Lipinski definition) is 3. The quantitative estimate of drug-likeness (QED) is 0.404. The molecule has 0 saturated carbocycles. The summed E-state index contributed by atoms with van der Waals surface area (Å²) in [7, 11) is 0. The molecule has 3 aromatic rings. The SMILES string of the molecule is N=C(N)CCNC(=O)c1ccc2nc(-c3ccc(Cl)c(Cl)c3)[nH]c2c1. The fraction of sp³-hybridized carbons (Fsp3) is 0.118. The van der Waals surface area contributed by atoms with E-state index in [1.807, 2.05) is 6.07 Å². The number of hydrogen-bond donors (Lipinski definition) is 4. The lowest BCUT2D eigenvalue weighted by Gasteiger charge is -2.04. The highest BCUT2D eigenvalue weighted by atomic mass is 35.5. The normalized spacial score (nSPS) is 10.8. The summed E-state index contributed by atoms with van der Waals surface area (Å²) in [4.78, 5) is 19.8. The number of fused-ring (bicyclic) bond motifs is 1. The Morgan fingerprint density at radius 2 is 2.00 bits per heavy atom. The van der Waals surface area contributed by atoms with Crippen molar-refractivity contribution in [1.29, 1.82) is 5.41 Å². The smallest absolute Gasteiger partial charge is 0.251 e. The molecular weight excluding hydrogens is 361 g/mol. The molecule has 0 aliphatic rings. The number of rotatable bonds is 5.